The van der Waals surface area contributed by atoms with Gasteiger partial charge in [0.1, 0.15) is 18.0 Å². The topological polar surface area (TPSA) is 78.9 Å². The normalized spacial score (nSPS) is 22.1. The van der Waals surface area contributed by atoms with Gasteiger partial charge in [-0.1, -0.05) is 49.3 Å². The fourth-order valence-electron chi connectivity index (χ4n) is 5.94. The van der Waals surface area contributed by atoms with Gasteiger partial charge < -0.3 is 14.2 Å². The van der Waals surface area contributed by atoms with Crippen LogP contribution in [0.15, 0.2) is 69.7 Å². The highest BCUT2D eigenvalue weighted by molar-refractivity contribution is 7.92. The molecule has 40 heavy (non-hydrogen) atoms. The molecular formula is C33H48O6S. The van der Waals surface area contributed by atoms with Crippen LogP contribution >= 0.6 is 0 Å². The van der Waals surface area contributed by atoms with E-state index in [0.717, 1.165) is 73.7 Å². The highest BCUT2D eigenvalue weighted by atomic mass is 32.2. The molecule has 1 aliphatic heterocycles. The standard InChI is InChI=1S/C33H48O6S/c1-24(20-23-37-27(4)34)14-12-15-26(3)31(39-29-19-10-11-22-38-29)32(30-25(2)16-13-21-33(30,5)6)40(35,36)28-17-8-7-9-18-28/h7-9,15,17-18,20,29,31-32H,10-14,16,19,21-23H2,1-6H3/b24-20+,26-15+. The number of sulfone groups is 1. The van der Waals surface area contributed by atoms with E-state index in [9.17, 15) is 13.2 Å². The highest BCUT2D eigenvalue weighted by Crippen LogP contribution is 2.47. The highest BCUT2D eigenvalue weighted by Gasteiger charge is 2.46. The Morgan fingerprint density at radius 2 is 1.82 bits per heavy atom. The van der Waals surface area contributed by atoms with Crippen molar-refractivity contribution in [3.8, 4) is 0 Å². The molecule has 0 bridgehead atoms. The first-order chi connectivity index (χ1) is 18.9. The van der Waals surface area contributed by atoms with E-state index in [4.69, 9.17) is 14.2 Å². The van der Waals surface area contributed by atoms with E-state index < -0.39 is 27.5 Å². The smallest absolute Gasteiger partial charge is 0.302 e. The van der Waals surface area contributed by atoms with Gasteiger partial charge in [0.05, 0.1) is 4.90 Å². The summed E-state index contributed by atoms with van der Waals surface area (Å²) in [7, 11) is -3.80. The number of rotatable bonds is 12. The number of hydrogen-bond donors (Lipinski definition) is 0. The van der Waals surface area contributed by atoms with Crippen LogP contribution in [-0.4, -0.2) is 45.2 Å². The largest absolute Gasteiger partial charge is 0.462 e. The molecule has 1 fully saturated rings. The van der Waals surface area contributed by atoms with E-state index in [1.807, 2.05) is 26.0 Å². The molecule has 0 radical (unpaired) electrons. The molecule has 1 saturated heterocycles. The van der Waals surface area contributed by atoms with Gasteiger partial charge in [-0.05, 0) is 107 Å². The zero-order valence-corrected chi connectivity index (χ0v) is 26.0. The molecule has 0 spiro atoms. The minimum atomic E-state index is -3.80. The third-order valence-corrected chi connectivity index (χ3v) is 10.2. The molecule has 1 aromatic carbocycles. The van der Waals surface area contributed by atoms with Crippen LogP contribution in [0.5, 0.6) is 0 Å². The monoisotopic (exact) mass is 572 g/mol. The van der Waals surface area contributed by atoms with Gasteiger partial charge in [-0.15, -0.1) is 0 Å². The molecular weight excluding hydrogens is 524 g/mol. The van der Waals surface area contributed by atoms with E-state index in [0.29, 0.717) is 11.5 Å². The Morgan fingerprint density at radius 3 is 2.45 bits per heavy atom. The average Bonchev–Trinajstić information content (AvgIpc) is 2.90. The van der Waals surface area contributed by atoms with Crippen LogP contribution in [0.3, 0.4) is 0 Å². The molecule has 2 aliphatic rings. The summed E-state index contributed by atoms with van der Waals surface area (Å²) in [5.41, 5.74) is 3.86. The number of esters is 1. The van der Waals surface area contributed by atoms with Gasteiger partial charge in [-0.2, -0.15) is 0 Å². The summed E-state index contributed by atoms with van der Waals surface area (Å²) in [5, 5.41) is -0.854. The number of carbonyl (C=O) groups is 1. The molecule has 3 atom stereocenters. The summed E-state index contributed by atoms with van der Waals surface area (Å²) in [6, 6.07) is 8.79. The first kappa shape index (κ1) is 32.3. The maximum absolute atomic E-state index is 14.6. The average molecular weight is 573 g/mol. The van der Waals surface area contributed by atoms with Gasteiger partial charge in [-0.25, -0.2) is 8.42 Å². The molecule has 0 aromatic heterocycles. The quantitative estimate of drug-likeness (QED) is 0.191. The van der Waals surface area contributed by atoms with E-state index in [-0.39, 0.29) is 18.0 Å². The summed E-state index contributed by atoms with van der Waals surface area (Å²) < 4.78 is 46.9. The minimum absolute atomic E-state index is 0.258. The third kappa shape index (κ3) is 8.64. The van der Waals surface area contributed by atoms with Crippen molar-refractivity contribution in [2.45, 2.75) is 115 Å². The van der Waals surface area contributed by atoms with E-state index >= 15 is 0 Å². The second-order valence-corrected chi connectivity index (χ2v) is 14.0. The zero-order chi connectivity index (χ0) is 29.3. The second-order valence-electron chi connectivity index (χ2n) is 11.9. The molecule has 1 aliphatic carbocycles. The number of hydrogen-bond acceptors (Lipinski definition) is 6. The lowest BCUT2D eigenvalue weighted by atomic mass is 9.70. The fraction of sp³-hybridized carbons (Fsp3) is 0.606. The van der Waals surface area contributed by atoms with E-state index in [1.54, 1.807) is 24.3 Å². The summed E-state index contributed by atoms with van der Waals surface area (Å²) in [6.45, 7) is 12.7. The van der Waals surface area contributed by atoms with Crippen molar-refractivity contribution >= 4 is 15.8 Å². The van der Waals surface area contributed by atoms with Crippen molar-refractivity contribution in [1.82, 2.24) is 0 Å². The van der Waals surface area contributed by atoms with Gasteiger partial charge in [0.2, 0.25) is 0 Å². The van der Waals surface area contributed by atoms with Crippen molar-refractivity contribution in [3.63, 3.8) is 0 Å². The summed E-state index contributed by atoms with van der Waals surface area (Å²) in [4.78, 5) is 11.4. The van der Waals surface area contributed by atoms with Crippen molar-refractivity contribution in [3.05, 3.63) is 64.8 Å². The van der Waals surface area contributed by atoms with Crippen LogP contribution in [0.25, 0.3) is 0 Å². The molecule has 7 heteroatoms. The Balaban J connectivity index is 2.05. The van der Waals surface area contributed by atoms with Crippen molar-refractivity contribution in [2.24, 2.45) is 5.41 Å². The van der Waals surface area contributed by atoms with Crippen LogP contribution < -0.4 is 0 Å². The predicted octanol–water partition coefficient (Wildman–Crippen LogP) is 7.50. The number of benzene rings is 1. The Bertz CT molecular complexity index is 1190. The Morgan fingerprint density at radius 1 is 1.10 bits per heavy atom. The minimum Gasteiger partial charge on any atom is -0.462 e. The molecule has 1 aromatic rings. The van der Waals surface area contributed by atoms with Crippen molar-refractivity contribution in [1.29, 1.82) is 0 Å². The van der Waals surface area contributed by atoms with Crippen LogP contribution in [0.4, 0.5) is 0 Å². The predicted molar refractivity (Wildman–Crippen MR) is 160 cm³/mol. The van der Waals surface area contributed by atoms with Crippen LogP contribution in [-0.2, 0) is 28.8 Å². The molecule has 0 amide bonds. The maximum atomic E-state index is 14.6. The van der Waals surface area contributed by atoms with Gasteiger partial charge in [0.15, 0.2) is 16.1 Å². The number of allylic oxidation sites excluding steroid dienone is 3. The fourth-order valence-corrected chi connectivity index (χ4v) is 8.21. The van der Waals surface area contributed by atoms with Crippen molar-refractivity contribution in [2.75, 3.05) is 13.2 Å². The van der Waals surface area contributed by atoms with Gasteiger partial charge >= 0.3 is 5.97 Å². The third-order valence-electron chi connectivity index (χ3n) is 8.12. The number of carbonyl (C=O) groups excluding carboxylic acids is 1. The second kappa shape index (κ2) is 14.6. The first-order valence-electron chi connectivity index (χ1n) is 14.6. The molecule has 6 nitrogen and oxygen atoms in total. The zero-order valence-electron chi connectivity index (χ0n) is 25.2. The van der Waals surface area contributed by atoms with E-state index in [2.05, 4.69) is 26.8 Å². The molecule has 3 unspecified atom stereocenters. The summed E-state index contributed by atoms with van der Waals surface area (Å²) in [6.07, 6.45) is 10.0. The van der Waals surface area contributed by atoms with Crippen LogP contribution in [0, 0.1) is 5.41 Å². The molecule has 3 rings (SSSR count). The Hall–Kier alpha value is -2.22. The molecule has 0 saturated carbocycles. The Labute approximate surface area is 241 Å². The summed E-state index contributed by atoms with van der Waals surface area (Å²) in [5.74, 6) is -0.300. The van der Waals surface area contributed by atoms with Gasteiger partial charge in [-0.3, -0.25) is 4.79 Å². The lowest BCUT2D eigenvalue weighted by Gasteiger charge is -2.42. The SMILES string of the molecule is CC(=O)OC/C=C(\C)CC/C=C(\C)C(OC1CCCCO1)C(C1=C(C)CCCC1(C)C)S(=O)(=O)c1ccccc1. The van der Waals surface area contributed by atoms with Gasteiger partial charge in [0.25, 0.3) is 0 Å². The summed E-state index contributed by atoms with van der Waals surface area (Å²) >= 11 is 0. The van der Waals surface area contributed by atoms with E-state index in [1.165, 1.54) is 6.92 Å². The lowest BCUT2D eigenvalue weighted by molar-refractivity contribution is -0.179. The van der Waals surface area contributed by atoms with Crippen LogP contribution in [0.2, 0.25) is 0 Å². The molecule has 1 heterocycles. The first-order valence-corrected chi connectivity index (χ1v) is 16.2. The lowest BCUT2D eigenvalue weighted by Crippen LogP contribution is -2.46. The number of ether oxygens (including phenoxy) is 3. The maximum Gasteiger partial charge on any atom is 0.302 e. The molecule has 0 N–H and O–H groups in total. The Kier molecular flexibility index (Phi) is 11.8. The molecule has 222 valence electrons. The van der Waals surface area contributed by atoms with Gasteiger partial charge in [0, 0.05) is 13.5 Å². The van der Waals surface area contributed by atoms with Crippen molar-refractivity contribution < 1.29 is 27.4 Å². The van der Waals surface area contributed by atoms with Crippen LogP contribution in [0.1, 0.15) is 92.9 Å².